The summed E-state index contributed by atoms with van der Waals surface area (Å²) in [5.41, 5.74) is 0. The van der Waals surface area contributed by atoms with Gasteiger partial charge in [-0.25, -0.2) is 9.13 Å². The fraction of sp³-hybridized carbons (Fsp3) is 0.812. The lowest BCUT2D eigenvalue weighted by atomic mass is 10.0. The molecule has 0 aliphatic heterocycles. The van der Waals surface area contributed by atoms with Gasteiger partial charge < -0.3 is 34.2 Å². The average Bonchev–Trinajstić information content (AvgIpc) is 3.53. The van der Waals surface area contributed by atoms with E-state index in [4.69, 9.17) is 32.3 Å². The molecule has 0 amide bonds. The average molecular weight is 1270 g/mol. The Morgan fingerprint density at radius 2 is 0.609 bits per heavy atom. The van der Waals surface area contributed by atoms with Crippen LogP contribution in [-0.4, -0.2) is 95.9 Å². The number of rotatable bonds is 66. The second-order valence-electron chi connectivity index (χ2n) is 23.3. The van der Waals surface area contributed by atoms with Crippen molar-refractivity contribution in [2.45, 2.75) is 322 Å². The number of phosphoric acid groups is 2. The van der Waals surface area contributed by atoms with Gasteiger partial charge in [0.15, 0.2) is 6.10 Å². The number of carbonyl (C=O) groups is 3. The Kier molecular flexibility index (Phi) is 61.4. The number of aliphatic hydroxyl groups excluding tert-OH is 2. The van der Waals surface area contributed by atoms with Crippen LogP contribution < -0.4 is 0 Å². The molecule has 0 radical (unpaired) electrons. The maximum absolute atomic E-state index is 12.8. The van der Waals surface area contributed by atoms with E-state index in [1.165, 1.54) is 141 Å². The Labute approximate surface area is 529 Å². The maximum atomic E-state index is 12.8. The molecular weight excluding hydrogens is 1150 g/mol. The third kappa shape index (κ3) is 64.6. The van der Waals surface area contributed by atoms with Crippen LogP contribution in [0.2, 0.25) is 0 Å². The molecule has 0 aromatic carbocycles. The van der Waals surface area contributed by atoms with Gasteiger partial charge in [0.05, 0.1) is 26.4 Å². The second kappa shape index (κ2) is 63.4. The molecule has 4 N–H and O–H groups in total. The Bertz CT molecular complexity index is 1840. The molecule has 16 nitrogen and oxygen atoms in total. The summed E-state index contributed by atoms with van der Waals surface area (Å²) in [5, 5.41) is 20.5. The van der Waals surface area contributed by atoms with Crippen LogP contribution in [0.25, 0.3) is 0 Å². The van der Waals surface area contributed by atoms with Gasteiger partial charge in [-0.3, -0.25) is 32.5 Å². The van der Waals surface area contributed by atoms with Gasteiger partial charge in [-0.2, -0.15) is 0 Å². The van der Waals surface area contributed by atoms with Gasteiger partial charge in [0.25, 0.3) is 0 Å². The van der Waals surface area contributed by atoms with Gasteiger partial charge in [0, 0.05) is 19.3 Å². The minimum absolute atomic E-state index is 0.112. The lowest BCUT2D eigenvalue weighted by molar-refractivity contribution is -0.161. The Balaban J connectivity index is 4.40. The van der Waals surface area contributed by atoms with Crippen molar-refractivity contribution in [1.82, 2.24) is 0 Å². The number of hydrogen-bond donors (Lipinski definition) is 4. The number of esters is 3. The molecule has 18 heteroatoms. The van der Waals surface area contributed by atoms with Crippen LogP contribution in [0.3, 0.4) is 0 Å². The van der Waals surface area contributed by atoms with E-state index in [1.54, 1.807) is 0 Å². The molecule has 87 heavy (non-hydrogen) atoms. The minimum Gasteiger partial charge on any atom is -0.463 e. The fourth-order valence-electron chi connectivity index (χ4n) is 9.48. The number of aliphatic hydroxyl groups is 2. The van der Waals surface area contributed by atoms with E-state index in [0.29, 0.717) is 19.3 Å². The Morgan fingerprint density at radius 3 is 0.966 bits per heavy atom. The highest BCUT2D eigenvalue weighted by molar-refractivity contribution is 7.47. The maximum Gasteiger partial charge on any atom is 0.472 e. The van der Waals surface area contributed by atoms with Crippen molar-refractivity contribution in [2.75, 3.05) is 39.6 Å². The van der Waals surface area contributed by atoms with Crippen molar-refractivity contribution in [1.29, 1.82) is 0 Å². The molecule has 0 aliphatic carbocycles. The van der Waals surface area contributed by atoms with E-state index in [9.17, 15) is 43.5 Å². The van der Waals surface area contributed by atoms with Gasteiger partial charge in [0.2, 0.25) is 0 Å². The van der Waals surface area contributed by atoms with Crippen molar-refractivity contribution >= 4 is 33.6 Å². The zero-order valence-corrected chi connectivity index (χ0v) is 56.7. The van der Waals surface area contributed by atoms with Crippen molar-refractivity contribution in [3.05, 3.63) is 60.8 Å². The number of phosphoric ester groups is 2. The van der Waals surface area contributed by atoms with Crippen LogP contribution in [0.1, 0.15) is 303 Å². The minimum atomic E-state index is -4.91. The smallest absolute Gasteiger partial charge is 0.463 e. The SMILES string of the molecule is CC/C=C\C/C=C\C/C=C\C/C=C\C/C=C\CCCCCCCCCCCCCC(=O)OCC(O)COP(=O)(O)OCC(O)COP(=O)(O)OCC(COC(=O)CCCCCCCCCCCCCCC)OC(=O)CCCCCCCCCCCCC. The van der Waals surface area contributed by atoms with Gasteiger partial charge >= 0.3 is 33.6 Å². The molecule has 5 atom stereocenters. The molecule has 0 aliphatic rings. The molecule has 0 aromatic heterocycles. The first kappa shape index (κ1) is 84.2. The second-order valence-corrected chi connectivity index (χ2v) is 26.2. The summed E-state index contributed by atoms with van der Waals surface area (Å²) >= 11 is 0. The van der Waals surface area contributed by atoms with Crippen LogP contribution in [-0.2, 0) is 55.8 Å². The van der Waals surface area contributed by atoms with Gasteiger partial charge in [-0.15, -0.1) is 0 Å². The summed E-state index contributed by atoms with van der Waals surface area (Å²) in [6, 6.07) is 0. The molecule has 0 rings (SSSR count). The fourth-order valence-corrected chi connectivity index (χ4v) is 11.1. The van der Waals surface area contributed by atoms with Crippen molar-refractivity contribution < 1.29 is 75.8 Å². The molecule has 0 saturated carbocycles. The van der Waals surface area contributed by atoms with E-state index in [2.05, 4.69) is 81.5 Å². The van der Waals surface area contributed by atoms with E-state index in [1.807, 2.05) is 0 Å². The third-order valence-corrected chi connectivity index (χ3v) is 16.7. The monoisotopic (exact) mass is 1270 g/mol. The van der Waals surface area contributed by atoms with Gasteiger partial charge in [-0.1, -0.05) is 281 Å². The number of unbranched alkanes of at least 4 members (excludes halogenated alkanes) is 33. The highest BCUT2D eigenvalue weighted by Crippen LogP contribution is 2.45. The largest absolute Gasteiger partial charge is 0.472 e. The van der Waals surface area contributed by atoms with Crippen LogP contribution >= 0.6 is 15.6 Å². The summed E-state index contributed by atoms with van der Waals surface area (Å²) in [4.78, 5) is 58.2. The Morgan fingerprint density at radius 1 is 0.333 bits per heavy atom. The number of ether oxygens (including phenoxy) is 3. The highest BCUT2D eigenvalue weighted by atomic mass is 31.2. The molecule has 5 unspecified atom stereocenters. The predicted molar refractivity (Wildman–Crippen MR) is 353 cm³/mol. The first-order valence-electron chi connectivity index (χ1n) is 34.6. The van der Waals surface area contributed by atoms with Gasteiger partial charge in [-0.05, 0) is 64.2 Å². The lowest BCUT2D eigenvalue weighted by Gasteiger charge is -2.21. The highest BCUT2D eigenvalue weighted by Gasteiger charge is 2.29. The molecule has 0 fully saturated rings. The molecular formula is C69H126O16P2. The van der Waals surface area contributed by atoms with Crippen molar-refractivity contribution in [2.24, 2.45) is 0 Å². The van der Waals surface area contributed by atoms with E-state index in [-0.39, 0.29) is 19.3 Å². The topological polar surface area (TPSA) is 231 Å². The summed E-state index contributed by atoms with van der Waals surface area (Å²) < 4.78 is 60.8. The summed E-state index contributed by atoms with van der Waals surface area (Å²) in [6.07, 6.45) is 64.3. The Hall–Kier alpha value is -2.75. The molecule has 0 spiro atoms. The number of hydrogen-bond acceptors (Lipinski definition) is 14. The predicted octanol–water partition coefficient (Wildman–Crippen LogP) is 19.0. The van der Waals surface area contributed by atoms with E-state index < -0.39 is 91.5 Å². The zero-order valence-electron chi connectivity index (χ0n) is 54.9. The lowest BCUT2D eigenvalue weighted by Crippen LogP contribution is -2.30. The van der Waals surface area contributed by atoms with Crippen LogP contribution in [0.5, 0.6) is 0 Å². The van der Waals surface area contributed by atoms with Crippen molar-refractivity contribution in [3.8, 4) is 0 Å². The van der Waals surface area contributed by atoms with Crippen molar-refractivity contribution in [3.63, 3.8) is 0 Å². The zero-order chi connectivity index (χ0) is 63.8. The summed E-state index contributed by atoms with van der Waals surface area (Å²) in [7, 11) is -9.75. The normalized spacial score (nSPS) is 14.6. The van der Waals surface area contributed by atoms with Crippen LogP contribution in [0.15, 0.2) is 60.8 Å². The number of allylic oxidation sites excluding steroid dienone is 10. The van der Waals surface area contributed by atoms with Crippen LogP contribution in [0.4, 0.5) is 0 Å². The van der Waals surface area contributed by atoms with E-state index >= 15 is 0 Å². The molecule has 508 valence electrons. The molecule has 0 heterocycles. The third-order valence-electron chi connectivity index (χ3n) is 14.8. The molecule has 0 saturated heterocycles. The van der Waals surface area contributed by atoms with Crippen LogP contribution in [0, 0.1) is 0 Å². The number of carbonyl (C=O) groups excluding carboxylic acids is 3. The standard InChI is InChI=1S/C69H126O16P2/c1-4-7-10-13-16-19-22-24-25-26-27-28-29-30-31-32-33-34-35-36-37-39-42-43-46-49-52-55-67(72)79-58-64(70)59-81-86(75,76)82-60-65(71)61-83-87(77,78)84-63-66(85-69(74)57-54-51-48-45-40-21-18-15-12-9-6-3)62-80-68(73)56-53-50-47-44-41-38-23-20-17-14-11-8-5-2/h7,10,16,19,24-25,27-28,30-31,64-66,70-71H,4-6,8-9,11-15,17-18,20-23,26,29,32-63H2,1-3H3,(H,75,76)(H,77,78)/b10-7-,19-16-,25-24-,28-27-,31-30-. The molecule has 0 aromatic rings. The summed E-state index contributed by atoms with van der Waals surface area (Å²) in [5.74, 6) is -1.56. The van der Waals surface area contributed by atoms with E-state index in [0.717, 1.165) is 103 Å². The van der Waals surface area contributed by atoms with Gasteiger partial charge in [0.1, 0.15) is 25.4 Å². The first-order chi connectivity index (χ1) is 42.2. The summed E-state index contributed by atoms with van der Waals surface area (Å²) in [6.45, 7) is 2.57. The quantitative estimate of drug-likeness (QED) is 0.0146. The molecule has 0 bridgehead atoms. The first-order valence-corrected chi connectivity index (χ1v) is 37.6.